The highest BCUT2D eigenvalue weighted by atomic mass is 16.6. The quantitative estimate of drug-likeness (QED) is 0.407. The molecule has 2 N–H and O–H groups in total. The number of unbranched alkanes of at least 4 members (excludes halogenated alkanes) is 3. The Morgan fingerprint density at radius 2 is 1.68 bits per heavy atom. The van der Waals surface area contributed by atoms with Crippen molar-refractivity contribution in [1.29, 1.82) is 0 Å². The van der Waals surface area contributed by atoms with Crippen molar-refractivity contribution in [2.75, 3.05) is 0 Å². The number of carbonyl (C=O) groups excluding carboxylic acids is 1. The van der Waals surface area contributed by atoms with Gasteiger partial charge < -0.3 is 19.7 Å². The Labute approximate surface area is 180 Å². The molecule has 1 unspecified atom stereocenters. The molecule has 0 aliphatic carbocycles. The molecule has 1 spiro atoms. The summed E-state index contributed by atoms with van der Waals surface area (Å²) in [5, 5.41) is 20.7. The molecule has 31 heavy (non-hydrogen) atoms. The van der Waals surface area contributed by atoms with Crippen LogP contribution in [0.1, 0.15) is 65.2 Å². The summed E-state index contributed by atoms with van der Waals surface area (Å²) in [6.07, 6.45) is 5.08. The molecule has 2 aliphatic heterocycles. The molecule has 1 atom stereocenters. The Bertz CT molecular complexity index is 1180. The van der Waals surface area contributed by atoms with Gasteiger partial charge in [0.15, 0.2) is 5.60 Å². The topological polar surface area (TPSA) is 76.0 Å². The number of phenolic OH excluding ortho intramolecular Hbond substituents is 2. The Hall–Kier alpha value is -3.47. The Balaban J connectivity index is 1.71. The normalized spacial score (nSPS) is 18.2. The molecule has 158 valence electrons. The van der Waals surface area contributed by atoms with Gasteiger partial charge in [0.25, 0.3) is 0 Å². The minimum absolute atomic E-state index is 0.0479. The summed E-state index contributed by atoms with van der Waals surface area (Å²) in [6.45, 7) is 2.17. The largest absolute Gasteiger partial charge is 0.508 e. The van der Waals surface area contributed by atoms with Crippen LogP contribution in [0.4, 0.5) is 0 Å². The third-order valence-electron chi connectivity index (χ3n) is 6.20. The molecule has 0 bridgehead atoms. The maximum absolute atomic E-state index is 12.9. The molecular weight excluding hydrogens is 392 g/mol. The summed E-state index contributed by atoms with van der Waals surface area (Å²) in [6, 6.07) is 15.6. The predicted octanol–water partition coefficient (Wildman–Crippen LogP) is 5.79. The van der Waals surface area contributed by atoms with Gasteiger partial charge in [-0.1, -0.05) is 44.4 Å². The molecule has 3 aromatic rings. The minimum Gasteiger partial charge on any atom is -0.508 e. The third kappa shape index (κ3) is 2.95. The van der Waals surface area contributed by atoms with E-state index >= 15 is 0 Å². The second kappa shape index (κ2) is 7.34. The highest BCUT2D eigenvalue weighted by molar-refractivity contribution is 5.97. The van der Waals surface area contributed by atoms with E-state index in [1.54, 1.807) is 24.3 Å². The van der Waals surface area contributed by atoms with E-state index in [1.807, 2.05) is 24.3 Å². The van der Waals surface area contributed by atoms with Gasteiger partial charge in [-0.25, -0.2) is 4.79 Å². The van der Waals surface area contributed by atoms with Gasteiger partial charge in [0, 0.05) is 28.8 Å². The molecule has 0 aromatic heterocycles. The van der Waals surface area contributed by atoms with Crippen LogP contribution in [-0.4, -0.2) is 16.2 Å². The van der Waals surface area contributed by atoms with Gasteiger partial charge in [-0.3, -0.25) is 0 Å². The lowest BCUT2D eigenvalue weighted by Crippen LogP contribution is -2.33. The van der Waals surface area contributed by atoms with Crippen LogP contribution >= 0.6 is 0 Å². The number of hydrogen-bond donors (Lipinski definition) is 2. The first kappa shape index (κ1) is 19.5. The van der Waals surface area contributed by atoms with E-state index in [1.165, 1.54) is 6.07 Å². The highest BCUT2D eigenvalue weighted by Gasteiger charge is 2.53. The summed E-state index contributed by atoms with van der Waals surface area (Å²) in [5.41, 5.74) is 2.20. The monoisotopic (exact) mass is 416 g/mol. The molecule has 5 heteroatoms. The summed E-state index contributed by atoms with van der Waals surface area (Å²) in [7, 11) is 0. The van der Waals surface area contributed by atoms with E-state index in [9.17, 15) is 15.0 Å². The number of carbonyl (C=O) groups is 1. The first-order valence-electron chi connectivity index (χ1n) is 10.7. The van der Waals surface area contributed by atoms with Crippen molar-refractivity contribution in [1.82, 2.24) is 0 Å². The molecule has 2 heterocycles. The summed E-state index contributed by atoms with van der Waals surface area (Å²) < 4.78 is 12.2. The van der Waals surface area contributed by atoms with Crippen LogP contribution in [0, 0.1) is 0 Å². The first-order valence-corrected chi connectivity index (χ1v) is 10.7. The second-order valence-electron chi connectivity index (χ2n) is 8.19. The number of aryl methyl sites for hydroxylation is 1. The van der Waals surface area contributed by atoms with Gasteiger partial charge in [-0.05, 0) is 42.7 Å². The predicted molar refractivity (Wildman–Crippen MR) is 116 cm³/mol. The number of ether oxygens (including phenoxy) is 2. The summed E-state index contributed by atoms with van der Waals surface area (Å²) >= 11 is 0. The van der Waals surface area contributed by atoms with Crippen molar-refractivity contribution in [3.63, 3.8) is 0 Å². The number of fused-ring (bicyclic) bond motifs is 6. The van der Waals surface area contributed by atoms with Crippen LogP contribution in [0.25, 0.3) is 0 Å². The van der Waals surface area contributed by atoms with Gasteiger partial charge in [0.1, 0.15) is 23.0 Å². The van der Waals surface area contributed by atoms with Crippen molar-refractivity contribution in [2.45, 2.75) is 44.6 Å². The Morgan fingerprint density at radius 1 is 0.871 bits per heavy atom. The smallest absolute Gasteiger partial charge is 0.340 e. The van der Waals surface area contributed by atoms with E-state index in [-0.39, 0.29) is 11.5 Å². The molecule has 5 rings (SSSR count). The lowest BCUT2D eigenvalue weighted by Gasteiger charge is -2.37. The van der Waals surface area contributed by atoms with Crippen LogP contribution in [0.3, 0.4) is 0 Å². The fourth-order valence-corrected chi connectivity index (χ4v) is 4.68. The fraction of sp³-hybridized carbons (Fsp3) is 0.269. The highest BCUT2D eigenvalue weighted by Crippen LogP contribution is 2.57. The van der Waals surface area contributed by atoms with Gasteiger partial charge in [-0.15, -0.1) is 0 Å². The SMILES string of the molecule is CCCCCCc1cc2c(cc1O)Oc1cc(O)ccc1C21OC(=O)c2ccccc21. The van der Waals surface area contributed by atoms with E-state index in [2.05, 4.69) is 6.92 Å². The second-order valence-corrected chi connectivity index (χ2v) is 8.19. The number of rotatable bonds is 5. The fourth-order valence-electron chi connectivity index (χ4n) is 4.68. The lowest BCUT2D eigenvalue weighted by atomic mass is 9.77. The van der Waals surface area contributed by atoms with Gasteiger partial charge in [0.2, 0.25) is 0 Å². The van der Waals surface area contributed by atoms with Crippen LogP contribution in [0.2, 0.25) is 0 Å². The van der Waals surface area contributed by atoms with Crippen molar-refractivity contribution < 1.29 is 24.5 Å². The van der Waals surface area contributed by atoms with Gasteiger partial charge in [-0.2, -0.15) is 0 Å². The molecule has 2 aliphatic rings. The van der Waals surface area contributed by atoms with E-state index in [0.717, 1.165) is 43.2 Å². The van der Waals surface area contributed by atoms with Gasteiger partial charge in [0.05, 0.1) is 5.56 Å². The molecule has 0 saturated heterocycles. The number of esters is 1. The molecular formula is C26H24O5. The third-order valence-corrected chi connectivity index (χ3v) is 6.20. The molecule has 0 fully saturated rings. The summed E-state index contributed by atoms with van der Waals surface area (Å²) in [5.74, 6) is 0.614. The maximum atomic E-state index is 12.9. The lowest BCUT2D eigenvalue weighted by molar-refractivity contribution is 0.0224. The summed E-state index contributed by atoms with van der Waals surface area (Å²) in [4.78, 5) is 12.9. The maximum Gasteiger partial charge on any atom is 0.340 e. The number of hydrogen-bond acceptors (Lipinski definition) is 5. The molecule has 0 amide bonds. The standard InChI is InChI=1S/C26H24O5/c1-2-3-4-5-8-16-13-21-24(15-22(16)28)30-23-14-17(27)11-12-20(23)26(21)19-10-7-6-9-18(19)25(29)31-26/h6-7,9-15,27-28H,2-5,8H2,1H3. The van der Waals surface area contributed by atoms with Crippen LogP contribution in [0.5, 0.6) is 23.0 Å². The van der Waals surface area contributed by atoms with E-state index in [4.69, 9.17) is 9.47 Å². The number of benzene rings is 3. The van der Waals surface area contributed by atoms with E-state index < -0.39 is 11.6 Å². The van der Waals surface area contributed by atoms with E-state index in [0.29, 0.717) is 28.2 Å². The molecule has 3 aromatic carbocycles. The van der Waals surface area contributed by atoms with Crippen LogP contribution < -0.4 is 4.74 Å². The molecule has 5 nitrogen and oxygen atoms in total. The van der Waals surface area contributed by atoms with Crippen LogP contribution in [0.15, 0.2) is 54.6 Å². The molecule has 0 saturated carbocycles. The number of aromatic hydroxyl groups is 2. The average Bonchev–Trinajstić information content (AvgIpc) is 3.05. The van der Waals surface area contributed by atoms with Crippen molar-refractivity contribution in [3.8, 4) is 23.0 Å². The Kier molecular flexibility index (Phi) is 4.62. The average molecular weight is 416 g/mol. The zero-order valence-corrected chi connectivity index (χ0v) is 17.4. The van der Waals surface area contributed by atoms with Crippen molar-refractivity contribution in [2.24, 2.45) is 0 Å². The van der Waals surface area contributed by atoms with Gasteiger partial charge >= 0.3 is 5.97 Å². The van der Waals surface area contributed by atoms with Crippen molar-refractivity contribution in [3.05, 3.63) is 82.4 Å². The zero-order chi connectivity index (χ0) is 21.6. The van der Waals surface area contributed by atoms with Crippen LogP contribution in [-0.2, 0) is 16.8 Å². The minimum atomic E-state index is -1.18. The van der Waals surface area contributed by atoms with Crippen molar-refractivity contribution >= 4 is 5.97 Å². The Morgan fingerprint density at radius 3 is 2.52 bits per heavy atom. The first-order chi connectivity index (χ1) is 15.0. The zero-order valence-electron chi connectivity index (χ0n) is 17.4. The molecule has 0 radical (unpaired) electrons. The number of phenols is 2.